The Balaban J connectivity index is 2.35. The number of aromatic nitrogens is 3. The van der Waals surface area contributed by atoms with E-state index in [1.807, 2.05) is 4.57 Å². The van der Waals surface area contributed by atoms with Crippen molar-refractivity contribution in [3.8, 4) is 0 Å². The standard InChI is InChI=1S/C13H16ClFN4/c1-2-6-19-12(17-18-13(19)8-16)7-9-10(14)4-3-5-11(9)15/h3-5H,2,6-8,16H2,1H3. The molecule has 102 valence electrons. The quantitative estimate of drug-likeness (QED) is 0.917. The van der Waals surface area contributed by atoms with E-state index in [-0.39, 0.29) is 5.82 Å². The Bertz CT molecular complexity index is 548. The van der Waals surface area contributed by atoms with Gasteiger partial charge in [-0.05, 0) is 18.6 Å². The van der Waals surface area contributed by atoms with Gasteiger partial charge in [0.1, 0.15) is 17.5 Å². The van der Waals surface area contributed by atoms with Gasteiger partial charge in [0.05, 0.1) is 6.54 Å². The van der Waals surface area contributed by atoms with E-state index in [9.17, 15) is 4.39 Å². The first kappa shape index (κ1) is 14.0. The third-order valence-electron chi connectivity index (χ3n) is 2.93. The topological polar surface area (TPSA) is 56.7 Å². The molecule has 1 aromatic carbocycles. The average molecular weight is 283 g/mol. The largest absolute Gasteiger partial charge is 0.324 e. The van der Waals surface area contributed by atoms with Gasteiger partial charge in [0.25, 0.3) is 0 Å². The summed E-state index contributed by atoms with van der Waals surface area (Å²) in [4.78, 5) is 0. The number of nitrogens with two attached hydrogens (primary N) is 1. The van der Waals surface area contributed by atoms with Crippen molar-refractivity contribution < 1.29 is 4.39 Å². The summed E-state index contributed by atoms with van der Waals surface area (Å²) in [5.74, 6) is 1.08. The van der Waals surface area contributed by atoms with Crippen molar-refractivity contribution in [3.05, 3.63) is 46.3 Å². The fraction of sp³-hybridized carbons (Fsp3) is 0.385. The molecule has 4 nitrogen and oxygen atoms in total. The van der Waals surface area contributed by atoms with Gasteiger partial charge in [0.15, 0.2) is 0 Å². The van der Waals surface area contributed by atoms with Crippen LogP contribution in [-0.4, -0.2) is 14.8 Å². The van der Waals surface area contributed by atoms with Crippen molar-refractivity contribution in [1.82, 2.24) is 14.8 Å². The monoisotopic (exact) mass is 282 g/mol. The summed E-state index contributed by atoms with van der Waals surface area (Å²) in [6, 6.07) is 4.65. The SMILES string of the molecule is CCCn1c(CN)nnc1Cc1c(F)cccc1Cl. The number of hydrogen-bond acceptors (Lipinski definition) is 3. The second kappa shape index (κ2) is 6.12. The minimum Gasteiger partial charge on any atom is -0.324 e. The van der Waals surface area contributed by atoms with Crippen LogP contribution >= 0.6 is 11.6 Å². The molecule has 2 aromatic rings. The molecule has 1 heterocycles. The van der Waals surface area contributed by atoms with Crippen molar-refractivity contribution in [2.24, 2.45) is 5.73 Å². The zero-order chi connectivity index (χ0) is 13.8. The average Bonchev–Trinajstić information content (AvgIpc) is 2.77. The maximum absolute atomic E-state index is 13.8. The van der Waals surface area contributed by atoms with Crippen LogP contribution < -0.4 is 5.73 Å². The Hall–Kier alpha value is -1.46. The van der Waals surface area contributed by atoms with Crippen LogP contribution in [0.3, 0.4) is 0 Å². The van der Waals surface area contributed by atoms with Gasteiger partial charge in [-0.15, -0.1) is 10.2 Å². The van der Waals surface area contributed by atoms with Crippen molar-refractivity contribution in [3.63, 3.8) is 0 Å². The Kier molecular flexibility index (Phi) is 4.50. The molecule has 0 spiro atoms. The van der Waals surface area contributed by atoms with Crippen LogP contribution in [0.5, 0.6) is 0 Å². The Morgan fingerprint density at radius 3 is 2.68 bits per heavy atom. The summed E-state index contributed by atoms with van der Waals surface area (Å²) in [6.07, 6.45) is 1.25. The predicted molar refractivity (Wildman–Crippen MR) is 72.4 cm³/mol. The second-order valence-electron chi connectivity index (χ2n) is 4.27. The van der Waals surface area contributed by atoms with Crippen molar-refractivity contribution in [2.45, 2.75) is 32.9 Å². The first-order valence-corrected chi connectivity index (χ1v) is 6.59. The molecule has 6 heteroatoms. The highest BCUT2D eigenvalue weighted by Crippen LogP contribution is 2.22. The van der Waals surface area contributed by atoms with E-state index in [2.05, 4.69) is 17.1 Å². The van der Waals surface area contributed by atoms with Crippen LogP contribution in [0.4, 0.5) is 4.39 Å². The lowest BCUT2D eigenvalue weighted by molar-refractivity contribution is 0.594. The maximum Gasteiger partial charge on any atom is 0.146 e. The first-order valence-electron chi connectivity index (χ1n) is 6.21. The molecule has 2 rings (SSSR count). The fourth-order valence-electron chi connectivity index (χ4n) is 2.00. The molecule has 0 bridgehead atoms. The van der Waals surface area contributed by atoms with E-state index in [0.29, 0.717) is 35.2 Å². The maximum atomic E-state index is 13.8. The summed E-state index contributed by atoms with van der Waals surface area (Å²) >= 11 is 6.03. The number of halogens is 2. The highest BCUT2D eigenvalue weighted by Gasteiger charge is 2.14. The molecule has 0 aliphatic rings. The third-order valence-corrected chi connectivity index (χ3v) is 3.28. The molecule has 0 aliphatic carbocycles. The number of benzene rings is 1. The van der Waals surface area contributed by atoms with Gasteiger partial charge in [-0.2, -0.15) is 0 Å². The van der Waals surface area contributed by atoms with Gasteiger partial charge < -0.3 is 10.3 Å². The molecule has 2 N–H and O–H groups in total. The normalized spacial score (nSPS) is 10.9. The van der Waals surface area contributed by atoms with Crippen LogP contribution in [0.25, 0.3) is 0 Å². The van der Waals surface area contributed by atoms with Crippen LogP contribution in [0.1, 0.15) is 30.6 Å². The molecule has 0 amide bonds. The number of hydrogen-bond donors (Lipinski definition) is 1. The summed E-state index contributed by atoms with van der Waals surface area (Å²) in [5.41, 5.74) is 6.07. The van der Waals surface area contributed by atoms with E-state index in [4.69, 9.17) is 17.3 Å². The van der Waals surface area contributed by atoms with Gasteiger partial charge >= 0.3 is 0 Å². The fourth-order valence-corrected chi connectivity index (χ4v) is 2.23. The van der Waals surface area contributed by atoms with Crippen molar-refractivity contribution in [1.29, 1.82) is 0 Å². The molecule has 0 unspecified atom stereocenters. The lowest BCUT2D eigenvalue weighted by Gasteiger charge is -2.09. The minimum atomic E-state index is -0.326. The highest BCUT2D eigenvalue weighted by atomic mass is 35.5. The predicted octanol–water partition coefficient (Wildman–Crippen LogP) is 2.53. The molecular weight excluding hydrogens is 267 g/mol. The zero-order valence-corrected chi connectivity index (χ0v) is 11.5. The van der Waals surface area contributed by atoms with Gasteiger partial charge in [-0.25, -0.2) is 4.39 Å². The summed E-state index contributed by atoms with van der Waals surface area (Å²) in [5, 5.41) is 8.53. The van der Waals surface area contributed by atoms with Crippen LogP contribution in [0, 0.1) is 5.82 Å². The molecule has 0 saturated heterocycles. The third kappa shape index (κ3) is 2.93. The van der Waals surface area contributed by atoms with Gasteiger partial charge in [-0.1, -0.05) is 24.6 Å². The molecule has 0 atom stereocenters. The minimum absolute atomic E-state index is 0.317. The highest BCUT2D eigenvalue weighted by molar-refractivity contribution is 6.31. The molecule has 0 aliphatic heterocycles. The van der Waals surface area contributed by atoms with Crippen LogP contribution in [0.2, 0.25) is 5.02 Å². The van der Waals surface area contributed by atoms with Crippen molar-refractivity contribution in [2.75, 3.05) is 0 Å². The molecular formula is C13H16ClFN4. The number of rotatable bonds is 5. The summed E-state index contributed by atoms with van der Waals surface area (Å²) in [7, 11) is 0. The lowest BCUT2D eigenvalue weighted by Crippen LogP contribution is -2.11. The van der Waals surface area contributed by atoms with E-state index >= 15 is 0 Å². The van der Waals surface area contributed by atoms with Crippen LogP contribution in [0.15, 0.2) is 18.2 Å². The van der Waals surface area contributed by atoms with E-state index < -0.39 is 0 Å². The Labute approximate surface area is 116 Å². The smallest absolute Gasteiger partial charge is 0.146 e. The summed E-state index contributed by atoms with van der Waals surface area (Å²) < 4.78 is 15.7. The zero-order valence-electron chi connectivity index (χ0n) is 10.7. The van der Waals surface area contributed by atoms with E-state index in [1.54, 1.807) is 12.1 Å². The number of nitrogens with zero attached hydrogens (tertiary/aromatic N) is 3. The molecule has 0 saturated carbocycles. The van der Waals surface area contributed by atoms with E-state index in [1.165, 1.54) is 6.07 Å². The first-order chi connectivity index (χ1) is 9.17. The molecule has 1 aromatic heterocycles. The summed E-state index contributed by atoms with van der Waals surface area (Å²) in [6.45, 7) is 3.14. The van der Waals surface area contributed by atoms with Crippen molar-refractivity contribution >= 4 is 11.6 Å². The van der Waals surface area contributed by atoms with Gasteiger partial charge in [0.2, 0.25) is 0 Å². The lowest BCUT2D eigenvalue weighted by atomic mass is 10.1. The molecule has 19 heavy (non-hydrogen) atoms. The van der Waals surface area contributed by atoms with E-state index in [0.717, 1.165) is 13.0 Å². The van der Waals surface area contributed by atoms with Gasteiger partial charge in [-0.3, -0.25) is 0 Å². The van der Waals surface area contributed by atoms with Crippen LogP contribution in [-0.2, 0) is 19.5 Å². The molecule has 0 radical (unpaired) electrons. The Morgan fingerprint density at radius 1 is 1.32 bits per heavy atom. The second-order valence-corrected chi connectivity index (χ2v) is 4.67. The molecule has 0 fully saturated rings. The Morgan fingerprint density at radius 2 is 2.05 bits per heavy atom. The van der Waals surface area contributed by atoms with Gasteiger partial charge in [0, 0.05) is 23.6 Å².